The first-order valence-corrected chi connectivity index (χ1v) is 7.14. The van der Waals surface area contributed by atoms with Crippen molar-refractivity contribution in [2.24, 2.45) is 0 Å². The fraction of sp³-hybridized carbons (Fsp3) is 0.364. The van der Waals surface area contributed by atoms with Crippen LogP contribution in [0.1, 0.15) is 16.0 Å². The number of rotatable bonds is 1. The summed E-state index contributed by atoms with van der Waals surface area (Å²) in [5, 5.41) is 4.03. The lowest BCUT2D eigenvalue weighted by Crippen LogP contribution is -1.96. The first kappa shape index (κ1) is 10.2. The van der Waals surface area contributed by atoms with Gasteiger partial charge in [-0.3, -0.25) is 0 Å². The third kappa shape index (κ3) is 1.55. The molecule has 1 aliphatic rings. The van der Waals surface area contributed by atoms with Crippen molar-refractivity contribution < 1.29 is 4.52 Å². The molecule has 0 saturated heterocycles. The van der Waals surface area contributed by atoms with E-state index in [4.69, 9.17) is 10.3 Å². The number of fused-ring (bicyclic) bond motifs is 1. The van der Waals surface area contributed by atoms with Gasteiger partial charge in [-0.15, -0.1) is 11.3 Å². The van der Waals surface area contributed by atoms with Crippen LogP contribution in [0.25, 0.3) is 10.6 Å². The molecule has 2 aromatic heterocycles. The Morgan fingerprint density at radius 1 is 1.50 bits per heavy atom. The highest BCUT2D eigenvalue weighted by Crippen LogP contribution is 2.38. The van der Waals surface area contributed by atoms with Crippen LogP contribution < -0.4 is 5.73 Å². The predicted octanol–water partition coefficient (Wildman–Crippen LogP) is 3.08. The first-order valence-electron chi connectivity index (χ1n) is 5.17. The van der Waals surface area contributed by atoms with E-state index in [2.05, 4.69) is 11.2 Å². The minimum Gasteiger partial charge on any atom is -0.367 e. The van der Waals surface area contributed by atoms with Gasteiger partial charge in [0.1, 0.15) is 5.69 Å². The Bertz CT molecular complexity index is 507. The standard InChI is InChI=1S/C11H12N2OS2/c1-6-10(13-14-11(6)12)9-4-7-5-15-3-2-8(7)16-9/h4H,2-3,5,12H2,1H3. The maximum atomic E-state index is 5.67. The van der Waals surface area contributed by atoms with Crippen LogP contribution in [0, 0.1) is 6.92 Å². The van der Waals surface area contributed by atoms with E-state index >= 15 is 0 Å². The number of hydrogen-bond donors (Lipinski definition) is 1. The lowest BCUT2D eigenvalue weighted by molar-refractivity contribution is 0.439. The minimum atomic E-state index is 0.427. The zero-order valence-corrected chi connectivity index (χ0v) is 10.6. The van der Waals surface area contributed by atoms with Crippen molar-refractivity contribution in [3.05, 3.63) is 22.1 Å². The molecule has 0 amide bonds. The number of nitrogens with zero attached hydrogens (tertiary/aromatic N) is 1. The van der Waals surface area contributed by atoms with Crippen LogP contribution in [0.4, 0.5) is 5.88 Å². The Morgan fingerprint density at radius 3 is 3.06 bits per heavy atom. The van der Waals surface area contributed by atoms with Crippen molar-refractivity contribution >= 4 is 29.0 Å². The maximum Gasteiger partial charge on any atom is 0.225 e. The molecule has 0 unspecified atom stereocenters. The monoisotopic (exact) mass is 252 g/mol. The van der Waals surface area contributed by atoms with Crippen molar-refractivity contribution in [3.8, 4) is 10.6 Å². The van der Waals surface area contributed by atoms with Crippen LogP contribution in [-0.2, 0) is 12.2 Å². The number of nitrogen functional groups attached to an aromatic ring is 1. The van der Waals surface area contributed by atoms with E-state index in [1.54, 1.807) is 0 Å². The van der Waals surface area contributed by atoms with Gasteiger partial charge in [-0.05, 0) is 30.7 Å². The summed E-state index contributed by atoms with van der Waals surface area (Å²) in [5.74, 6) is 2.78. The van der Waals surface area contributed by atoms with Gasteiger partial charge in [-0.25, -0.2) is 0 Å². The predicted molar refractivity (Wildman–Crippen MR) is 68.8 cm³/mol. The number of hydrogen-bond acceptors (Lipinski definition) is 5. The van der Waals surface area contributed by atoms with E-state index in [1.807, 2.05) is 30.0 Å². The van der Waals surface area contributed by atoms with Gasteiger partial charge in [0.2, 0.25) is 5.88 Å². The lowest BCUT2D eigenvalue weighted by Gasteiger charge is -2.08. The topological polar surface area (TPSA) is 52.0 Å². The molecule has 3 nitrogen and oxygen atoms in total. The number of aryl methyl sites for hydroxylation is 1. The van der Waals surface area contributed by atoms with Crippen LogP contribution in [0.2, 0.25) is 0 Å². The second-order valence-corrected chi connectivity index (χ2v) is 6.12. The Kier molecular flexibility index (Phi) is 2.44. The second-order valence-electron chi connectivity index (χ2n) is 3.88. The van der Waals surface area contributed by atoms with Crippen molar-refractivity contribution in [1.29, 1.82) is 0 Å². The maximum absolute atomic E-state index is 5.67. The molecule has 0 aliphatic carbocycles. The molecule has 5 heteroatoms. The second kappa shape index (κ2) is 3.82. The summed E-state index contributed by atoms with van der Waals surface area (Å²) < 4.78 is 5.01. The van der Waals surface area contributed by atoms with E-state index in [0.717, 1.165) is 17.0 Å². The van der Waals surface area contributed by atoms with Crippen molar-refractivity contribution in [2.45, 2.75) is 19.1 Å². The van der Waals surface area contributed by atoms with Crippen LogP contribution in [0.3, 0.4) is 0 Å². The third-order valence-electron chi connectivity index (χ3n) is 2.82. The number of thioether (sulfide) groups is 1. The number of nitrogens with two attached hydrogens (primary N) is 1. The normalized spacial score (nSPS) is 15.1. The Labute approximate surface area is 102 Å². The number of thiophene rings is 1. The van der Waals surface area contributed by atoms with Gasteiger partial charge in [0.25, 0.3) is 0 Å². The number of aromatic nitrogens is 1. The summed E-state index contributed by atoms with van der Waals surface area (Å²) in [6.07, 6.45) is 1.18. The molecule has 84 valence electrons. The van der Waals surface area contributed by atoms with Crippen LogP contribution in [0.5, 0.6) is 0 Å². The SMILES string of the molecule is Cc1c(-c2cc3c(s2)CCSC3)noc1N. The summed E-state index contributed by atoms with van der Waals surface area (Å²) in [7, 11) is 0. The molecule has 1 aliphatic heterocycles. The van der Waals surface area contributed by atoms with E-state index in [-0.39, 0.29) is 0 Å². The molecule has 0 saturated carbocycles. The summed E-state index contributed by atoms with van der Waals surface area (Å²) in [5.41, 5.74) is 8.98. The van der Waals surface area contributed by atoms with Crippen LogP contribution in [-0.4, -0.2) is 10.9 Å². The molecule has 16 heavy (non-hydrogen) atoms. The highest BCUT2D eigenvalue weighted by molar-refractivity contribution is 7.98. The molecule has 3 heterocycles. The quantitative estimate of drug-likeness (QED) is 0.847. The Hall–Kier alpha value is -0.940. The van der Waals surface area contributed by atoms with Crippen LogP contribution >= 0.6 is 23.1 Å². The molecule has 0 radical (unpaired) electrons. The summed E-state index contributed by atoms with van der Waals surface area (Å²) >= 11 is 3.82. The largest absolute Gasteiger partial charge is 0.367 e. The van der Waals surface area contributed by atoms with Gasteiger partial charge in [0.05, 0.1) is 4.88 Å². The van der Waals surface area contributed by atoms with E-state index < -0.39 is 0 Å². The molecule has 2 aromatic rings. The van der Waals surface area contributed by atoms with Gasteiger partial charge in [-0.1, -0.05) is 5.16 Å². The highest BCUT2D eigenvalue weighted by atomic mass is 32.2. The zero-order valence-electron chi connectivity index (χ0n) is 8.95. The Balaban J connectivity index is 2.07. The van der Waals surface area contributed by atoms with E-state index in [1.165, 1.54) is 27.5 Å². The molecule has 0 atom stereocenters. The van der Waals surface area contributed by atoms with Crippen molar-refractivity contribution in [2.75, 3.05) is 11.5 Å². The minimum absolute atomic E-state index is 0.427. The molecule has 0 bridgehead atoms. The summed E-state index contributed by atoms with van der Waals surface area (Å²) in [6.45, 7) is 1.95. The molecule has 2 N–H and O–H groups in total. The van der Waals surface area contributed by atoms with E-state index in [0.29, 0.717) is 5.88 Å². The van der Waals surface area contributed by atoms with Crippen molar-refractivity contribution in [3.63, 3.8) is 0 Å². The average Bonchev–Trinajstić information content (AvgIpc) is 2.84. The number of anilines is 1. The smallest absolute Gasteiger partial charge is 0.225 e. The van der Waals surface area contributed by atoms with Gasteiger partial charge < -0.3 is 10.3 Å². The average molecular weight is 252 g/mol. The highest BCUT2D eigenvalue weighted by Gasteiger charge is 2.18. The first-order chi connectivity index (χ1) is 7.75. The molecule has 0 spiro atoms. The molecular weight excluding hydrogens is 240 g/mol. The lowest BCUT2D eigenvalue weighted by atomic mass is 10.2. The van der Waals surface area contributed by atoms with Gasteiger partial charge in [0.15, 0.2) is 0 Å². The fourth-order valence-electron chi connectivity index (χ4n) is 1.84. The summed E-state index contributed by atoms with van der Waals surface area (Å²) in [6, 6.07) is 2.23. The van der Waals surface area contributed by atoms with Gasteiger partial charge >= 0.3 is 0 Å². The Morgan fingerprint density at radius 2 is 2.38 bits per heavy atom. The fourth-order valence-corrected chi connectivity index (χ4v) is 4.25. The van der Waals surface area contributed by atoms with Crippen LogP contribution in [0.15, 0.2) is 10.6 Å². The van der Waals surface area contributed by atoms with Gasteiger partial charge in [0, 0.05) is 16.2 Å². The third-order valence-corrected chi connectivity index (χ3v) is 5.07. The molecule has 3 rings (SSSR count). The molecule has 0 fully saturated rings. The molecule has 0 aromatic carbocycles. The molecular formula is C11H12N2OS2. The van der Waals surface area contributed by atoms with Crippen molar-refractivity contribution in [1.82, 2.24) is 5.16 Å². The summed E-state index contributed by atoms with van der Waals surface area (Å²) in [4.78, 5) is 2.68. The van der Waals surface area contributed by atoms with Gasteiger partial charge in [-0.2, -0.15) is 11.8 Å². The van der Waals surface area contributed by atoms with E-state index in [9.17, 15) is 0 Å². The zero-order chi connectivity index (χ0) is 11.1.